The lowest BCUT2D eigenvalue weighted by molar-refractivity contribution is 0.408. The van der Waals surface area contributed by atoms with E-state index in [9.17, 15) is 0 Å². The van der Waals surface area contributed by atoms with Crippen molar-refractivity contribution >= 4 is 11.0 Å². The zero-order valence-electron chi connectivity index (χ0n) is 15.3. The number of hydrogen-bond donors (Lipinski definition) is 1. The number of benzene rings is 2. The average molecular weight is 337 g/mol. The topological polar surface area (TPSA) is 53.1 Å². The molecular weight excluding hydrogens is 310 g/mol. The van der Waals surface area contributed by atoms with E-state index in [0.29, 0.717) is 5.92 Å². The largest absolute Gasteiger partial charge is 0.496 e. The molecule has 0 saturated carbocycles. The second-order valence-corrected chi connectivity index (χ2v) is 7.01. The highest BCUT2D eigenvalue weighted by molar-refractivity contribution is 5.76. The Morgan fingerprint density at radius 2 is 1.80 bits per heavy atom. The molecule has 1 atom stereocenters. The van der Waals surface area contributed by atoms with Crippen LogP contribution in [0.2, 0.25) is 0 Å². The third-order valence-corrected chi connectivity index (χ3v) is 4.47. The van der Waals surface area contributed by atoms with Gasteiger partial charge < -0.3 is 15.0 Å². The van der Waals surface area contributed by atoms with Gasteiger partial charge in [0.2, 0.25) is 0 Å². The molecule has 4 heteroatoms. The van der Waals surface area contributed by atoms with Gasteiger partial charge in [0, 0.05) is 18.0 Å². The highest BCUT2D eigenvalue weighted by Crippen LogP contribution is 2.24. The molecule has 0 saturated heterocycles. The van der Waals surface area contributed by atoms with E-state index < -0.39 is 0 Å². The number of ether oxygens (including phenoxy) is 1. The molecule has 132 valence electrons. The van der Waals surface area contributed by atoms with Gasteiger partial charge in [-0.05, 0) is 30.5 Å². The van der Waals surface area contributed by atoms with Crippen LogP contribution in [0, 0.1) is 5.92 Å². The van der Waals surface area contributed by atoms with Crippen LogP contribution in [-0.4, -0.2) is 22.7 Å². The van der Waals surface area contributed by atoms with Crippen LogP contribution in [0.4, 0.5) is 0 Å². The summed E-state index contributed by atoms with van der Waals surface area (Å²) in [7, 11) is 1.71. The standard InChI is InChI=1S/C21H27N3O/c1-15(2)12-17(22)13-21-23-18-9-5-6-10-19(18)24(21)14-16-8-4-7-11-20(16)25-3/h4-11,15,17H,12-14,22H2,1-3H3. The number of imidazole rings is 1. The summed E-state index contributed by atoms with van der Waals surface area (Å²) in [6, 6.07) is 16.5. The average Bonchev–Trinajstić information content (AvgIpc) is 2.92. The van der Waals surface area contributed by atoms with Gasteiger partial charge in [-0.2, -0.15) is 0 Å². The molecule has 1 heterocycles. The first kappa shape index (κ1) is 17.5. The predicted molar refractivity (Wildman–Crippen MR) is 103 cm³/mol. The van der Waals surface area contributed by atoms with Crippen molar-refractivity contribution in [2.45, 2.75) is 39.3 Å². The Kier molecular flexibility index (Phi) is 5.39. The second-order valence-electron chi connectivity index (χ2n) is 7.01. The molecule has 3 rings (SSSR count). The first-order valence-electron chi connectivity index (χ1n) is 8.90. The van der Waals surface area contributed by atoms with Crippen molar-refractivity contribution in [3.8, 4) is 5.75 Å². The molecule has 4 nitrogen and oxygen atoms in total. The van der Waals surface area contributed by atoms with Gasteiger partial charge in [-0.25, -0.2) is 4.98 Å². The molecule has 0 amide bonds. The number of nitrogens with zero attached hydrogens (tertiary/aromatic N) is 2. The Balaban J connectivity index is 1.98. The van der Waals surface area contributed by atoms with E-state index in [4.69, 9.17) is 15.5 Å². The van der Waals surface area contributed by atoms with E-state index in [1.165, 1.54) is 0 Å². The van der Waals surface area contributed by atoms with Gasteiger partial charge >= 0.3 is 0 Å². The SMILES string of the molecule is COc1ccccc1Cn1c(CC(N)CC(C)C)nc2ccccc21. The Morgan fingerprint density at radius 1 is 1.08 bits per heavy atom. The summed E-state index contributed by atoms with van der Waals surface area (Å²) in [6.07, 6.45) is 1.78. The van der Waals surface area contributed by atoms with Crippen LogP contribution in [0.5, 0.6) is 5.75 Å². The van der Waals surface area contributed by atoms with E-state index in [-0.39, 0.29) is 6.04 Å². The highest BCUT2D eigenvalue weighted by atomic mass is 16.5. The monoisotopic (exact) mass is 337 g/mol. The molecule has 2 N–H and O–H groups in total. The molecule has 0 bridgehead atoms. The van der Waals surface area contributed by atoms with Gasteiger partial charge in [0.05, 0.1) is 24.7 Å². The zero-order chi connectivity index (χ0) is 17.8. The number of nitrogens with two attached hydrogens (primary N) is 1. The summed E-state index contributed by atoms with van der Waals surface area (Å²) >= 11 is 0. The van der Waals surface area contributed by atoms with Gasteiger partial charge in [-0.1, -0.05) is 44.2 Å². The molecule has 1 aromatic heterocycles. The Bertz CT molecular complexity index is 838. The normalized spacial score (nSPS) is 12.7. The number of para-hydroxylation sites is 3. The van der Waals surface area contributed by atoms with Gasteiger partial charge in [-0.15, -0.1) is 0 Å². The van der Waals surface area contributed by atoms with Crippen molar-refractivity contribution in [2.24, 2.45) is 11.7 Å². The fraction of sp³-hybridized carbons (Fsp3) is 0.381. The first-order valence-corrected chi connectivity index (χ1v) is 8.90. The summed E-state index contributed by atoms with van der Waals surface area (Å²) in [5, 5.41) is 0. The Morgan fingerprint density at radius 3 is 2.56 bits per heavy atom. The van der Waals surface area contributed by atoms with Crippen molar-refractivity contribution in [2.75, 3.05) is 7.11 Å². The molecule has 0 aliphatic carbocycles. The summed E-state index contributed by atoms with van der Waals surface area (Å²) in [5.41, 5.74) is 9.67. The minimum absolute atomic E-state index is 0.119. The molecule has 1 unspecified atom stereocenters. The lowest BCUT2D eigenvalue weighted by atomic mass is 10.0. The van der Waals surface area contributed by atoms with Crippen molar-refractivity contribution < 1.29 is 4.74 Å². The smallest absolute Gasteiger partial charge is 0.123 e. The van der Waals surface area contributed by atoms with Crippen molar-refractivity contribution in [1.29, 1.82) is 0 Å². The van der Waals surface area contributed by atoms with E-state index in [0.717, 1.165) is 47.6 Å². The molecule has 3 aromatic rings. The van der Waals surface area contributed by atoms with Gasteiger partial charge in [-0.3, -0.25) is 0 Å². The van der Waals surface area contributed by atoms with Crippen LogP contribution in [0.25, 0.3) is 11.0 Å². The molecule has 0 fully saturated rings. The number of methoxy groups -OCH3 is 1. The zero-order valence-corrected chi connectivity index (χ0v) is 15.3. The summed E-state index contributed by atoms with van der Waals surface area (Å²) in [5.74, 6) is 2.53. The number of rotatable bonds is 7. The van der Waals surface area contributed by atoms with Crippen LogP contribution in [-0.2, 0) is 13.0 Å². The van der Waals surface area contributed by atoms with Gasteiger partial charge in [0.15, 0.2) is 0 Å². The van der Waals surface area contributed by atoms with Gasteiger partial charge in [0.25, 0.3) is 0 Å². The fourth-order valence-corrected chi connectivity index (χ4v) is 3.38. The van der Waals surface area contributed by atoms with E-state index >= 15 is 0 Å². The predicted octanol–water partition coefficient (Wildman–Crippen LogP) is 4.01. The second kappa shape index (κ2) is 7.70. The van der Waals surface area contributed by atoms with Crippen LogP contribution >= 0.6 is 0 Å². The number of aromatic nitrogens is 2. The van der Waals surface area contributed by atoms with E-state index in [1.807, 2.05) is 24.3 Å². The van der Waals surface area contributed by atoms with Crippen LogP contribution in [0.1, 0.15) is 31.7 Å². The van der Waals surface area contributed by atoms with E-state index in [2.05, 4.69) is 42.7 Å². The fourth-order valence-electron chi connectivity index (χ4n) is 3.38. The van der Waals surface area contributed by atoms with Crippen molar-refractivity contribution in [3.05, 3.63) is 59.9 Å². The van der Waals surface area contributed by atoms with Gasteiger partial charge in [0.1, 0.15) is 11.6 Å². The lowest BCUT2D eigenvalue weighted by Crippen LogP contribution is -2.26. The molecule has 25 heavy (non-hydrogen) atoms. The molecule has 0 spiro atoms. The quantitative estimate of drug-likeness (QED) is 0.709. The molecule has 0 aliphatic heterocycles. The van der Waals surface area contributed by atoms with Crippen molar-refractivity contribution in [3.63, 3.8) is 0 Å². The Hall–Kier alpha value is -2.33. The number of fused-ring (bicyclic) bond motifs is 1. The third kappa shape index (κ3) is 4.02. The minimum Gasteiger partial charge on any atom is -0.496 e. The maximum absolute atomic E-state index is 6.37. The molecular formula is C21H27N3O. The highest BCUT2D eigenvalue weighted by Gasteiger charge is 2.16. The lowest BCUT2D eigenvalue weighted by Gasteiger charge is -2.16. The van der Waals surface area contributed by atoms with Crippen LogP contribution < -0.4 is 10.5 Å². The Labute approximate surface area is 149 Å². The molecule has 0 aliphatic rings. The van der Waals surface area contributed by atoms with E-state index in [1.54, 1.807) is 7.11 Å². The first-order chi connectivity index (χ1) is 12.1. The summed E-state index contributed by atoms with van der Waals surface area (Å²) in [4.78, 5) is 4.85. The molecule has 0 radical (unpaired) electrons. The van der Waals surface area contributed by atoms with Crippen LogP contribution in [0.15, 0.2) is 48.5 Å². The van der Waals surface area contributed by atoms with Crippen LogP contribution in [0.3, 0.4) is 0 Å². The maximum Gasteiger partial charge on any atom is 0.123 e. The molecule has 2 aromatic carbocycles. The van der Waals surface area contributed by atoms with Crippen molar-refractivity contribution in [1.82, 2.24) is 9.55 Å². The summed E-state index contributed by atoms with van der Waals surface area (Å²) < 4.78 is 7.79. The maximum atomic E-state index is 6.37. The number of hydrogen-bond acceptors (Lipinski definition) is 3. The summed E-state index contributed by atoms with van der Waals surface area (Å²) in [6.45, 7) is 5.14. The minimum atomic E-state index is 0.119. The third-order valence-electron chi connectivity index (χ3n) is 4.47.